The lowest BCUT2D eigenvalue weighted by Crippen LogP contribution is -2.27. The van der Waals surface area contributed by atoms with Crippen molar-refractivity contribution in [1.29, 1.82) is 0 Å². The molecule has 0 bridgehead atoms. The fourth-order valence-electron chi connectivity index (χ4n) is 3.27. The molecule has 2 heterocycles. The van der Waals surface area contributed by atoms with Crippen LogP contribution in [0.5, 0.6) is 5.88 Å². The molecule has 5 heteroatoms. The first kappa shape index (κ1) is 17.8. The number of methoxy groups -OCH3 is 1. The molecule has 0 saturated carbocycles. The quantitative estimate of drug-likeness (QED) is 0.557. The number of nitrogens with one attached hydrogen (secondary N) is 1. The van der Waals surface area contributed by atoms with Gasteiger partial charge in [-0.05, 0) is 23.3 Å². The minimum absolute atomic E-state index is 0.0469. The number of benzene rings is 2. The van der Waals surface area contributed by atoms with Gasteiger partial charge in [0.15, 0.2) is 0 Å². The molecule has 0 aliphatic rings. The Hall–Kier alpha value is -3.60. The van der Waals surface area contributed by atoms with Crippen molar-refractivity contribution >= 4 is 16.8 Å². The van der Waals surface area contributed by atoms with Gasteiger partial charge in [-0.3, -0.25) is 4.79 Å². The van der Waals surface area contributed by atoms with Crippen molar-refractivity contribution in [2.24, 2.45) is 0 Å². The van der Waals surface area contributed by atoms with E-state index in [1.807, 2.05) is 42.5 Å². The molecule has 2 aromatic heterocycles. The summed E-state index contributed by atoms with van der Waals surface area (Å²) < 4.78 is 7.12. The van der Waals surface area contributed by atoms with Crippen LogP contribution in [0, 0.1) is 0 Å². The number of ether oxygens (including phenoxy) is 1. The topological polar surface area (TPSA) is 56.1 Å². The van der Waals surface area contributed by atoms with Crippen LogP contribution in [-0.2, 0) is 17.9 Å². The first-order valence-corrected chi connectivity index (χ1v) is 9.14. The summed E-state index contributed by atoms with van der Waals surface area (Å²) >= 11 is 0. The standard InChI is InChI=1S/C23H21N3O2/c1-28-23-12-11-17(15-25-23)14-24-22(27)16-26-20-10-6-5-9-19(20)13-21(26)18-7-3-2-4-8-18/h2-13,15H,14,16H2,1H3,(H,24,27). The Balaban J connectivity index is 1.55. The van der Waals surface area contributed by atoms with Gasteiger partial charge in [0.05, 0.1) is 7.11 Å². The molecule has 2 aromatic carbocycles. The number of hydrogen-bond donors (Lipinski definition) is 1. The van der Waals surface area contributed by atoms with E-state index < -0.39 is 0 Å². The molecule has 4 aromatic rings. The summed E-state index contributed by atoms with van der Waals surface area (Å²) in [4.78, 5) is 16.8. The second kappa shape index (κ2) is 7.96. The molecule has 140 valence electrons. The normalized spacial score (nSPS) is 10.8. The molecule has 0 aliphatic carbocycles. The van der Waals surface area contributed by atoms with E-state index >= 15 is 0 Å². The van der Waals surface area contributed by atoms with Crippen molar-refractivity contribution in [1.82, 2.24) is 14.9 Å². The molecule has 0 radical (unpaired) electrons. The zero-order valence-corrected chi connectivity index (χ0v) is 15.6. The summed E-state index contributed by atoms with van der Waals surface area (Å²) in [5.41, 5.74) is 4.09. The molecule has 28 heavy (non-hydrogen) atoms. The van der Waals surface area contributed by atoms with Gasteiger partial charge in [-0.15, -0.1) is 0 Å². The minimum Gasteiger partial charge on any atom is -0.481 e. The Kier molecular flexibility index (Phi) is 5.06. The molecule has 4 rings (SSSR count). The van der Waals surface area contributed by atoms with E-state index in [0.717, 1.165) is 27.7 Å². The van der Waals surface area contributed by atoms with Crippen LogP contribution < -0.4 is 10.1 Å². The number of nitrogens with zero attached hydrogens (tertiary/aromatic N) is 2. The van der Waals surface area contributed by atoms with Crippen molar-refractivity contribution in [3.8, 4) is 17.1 Å². The molecule has 1 N–H and O–H groups in total. The van der Waals surface area contributed by atoms with Crippen molar-refractivity contribution in [2.45, 2.75) is 13.1 Å². The Bertz CT molecular complexity index is 1090. The number of aromatic nitrogens is 2. The molecule has 1 amide bonds. The predicted molar refractivity (Wildman–Crippen MR) is 110 cm³/mol. The molecule has 0 spiro atoms. The average Bonchev–Trinajstić information content (AvgIpc) is 3.12. The minimum atomic E-state index is -0.0469. The zero-order chi connectivity index (χ0) is 19.3. The fourth-order valence-corrected chi connectivity index (χ4v) is 3.27. The van der Waals surface area contributed by atoms with Gasteiger partial charge < -0.3 is 14.6 Å². The summed E-state index contributed by atoms with van der Waals surface area (Å²) in [5, 5.41) is 4.10. The number of rotatable bonds is 6. The predicted octanol–water partition coefficient (Wildman–Crippen LogP) is 4.03. The van der Waals surface area contributed by atoms with Crippen molar-refractivity contribution in [2.75, 3.05) is 7.11 Å². The zero-order valence-electron chi connectivity index (χ0n) is 15.6. The maximum absolute atomic E-state index is 12.7. The third-order valence-corrected chi connectivity index (χ3v) is 4.68. The van der Waals surface area contributed by atoms with E-state index in [9.17, 15) is 4.79 Å². The average molecular weight is 371 g/mol. The smallest absolute Gasteiger partial charge is 0.240 e. The van der Waals surface area contributed by atoms with Crippen LogP contribution in [0.2, 0.25) is 0 Å². The van der Waals surface area contributed by atoms with Crippen molar-refractivity contribution in [3.63, 3.8) is 0 Å². The summed E-state index contributed by atoms with van der Waals surface area (Å²) in [6.45, 7) is 0.678. The van der Waals surface area contributed by atoms with Crippen LogP contribution in [0.25, 0.3) is 22.2 Å². The van der Waals surface area contributed by atoms with E-state index in [2.05, 4.69) is 39.1 Å². The summed E-state index contributed by atoms with van der Waals surface area (Å²) in [7, 11) is 1.58. The summed E-state index contributed by atoms with van der Waals surface area (Å²) in [6, 6.07) is 24.1. The van der Waals surface area contributed by atoms with Gasteiger partial charge in [0, 0.05) is 35.4 Å². The molecule has 0 aliphatic heterocycles. The van der Waals surface area contributed by atoms with Crippen molar-refractivity contribution < 1.29 is 9.53 Å². The number of hydrogen-bond acceptors (Lipinski definition) is 3. The van der Waals surface area contributed by atoms with E-state index in [0.29, 0.717) is 12.4 Å². The van der Waals surface area contributed by atoms with Gasteiger partial charge in [0.1, 0.15) is 6.54 Å². The highest BCUT2D eigenvalue weighted by Crippen LogP contribution is 2.28. The van der Waals surface area contributed by atoms with Gasteiger partial charge in [0.25, 0.3) is 0 Å². The number of carbonyl (C=O) groups excluding carboxylic acids is 1. The maximum Gasteiger partial charge on any atom is 0.240 e. The van der Waals surface area contributed by atoms with Crippen LogP contribution in [0.4, 0.5) is 0 Å². The highest BCUT2D eigenvalue weighted by Gasteiger charge is 2.13. The Morgan fingerprint density at radius 1 is 1.04 bits per heavy atom. The number of pyridine rings is 1. The van der Waals surface area contributed by atoms with Crippen LogP contribution in [0.15, 0.2) is 79.0 Å². The van der Waals surface area contributed by atoms with E-state index in [1.54, 1.807) is 19.4 Å². The first-order chi connectivity index (χ1) is 13.7. The number of carbonyl (C=O) groups is 1. The highest BCUT2D eigenvalue weighted by atomic mass is 16.5. The largest absolute Gasteiger partial charge is 0.481 e. The van der Waals surface area contributed by atoms with Gasteiger partial charge in [-0.1, -0.05) is 54.6 Å². The van der Waals surface area contributed by atoms with Crippen LogP contribution in [0.1, 0.15) is 5.56 Å². The second-order valence-corrected chi connectivity index (χ2v) is 6.53. The summed E-state index contributed by atoms with van der Waals surface area (Å²) in [5.74, 6) is 0.510. The fraction of sp³-hybridized carbons (Fsp3) is 0.130. The lowest BCUT2D eigenvalue weighted by Gasteiger charge is -2.12. The van der Waals surface area contributed by atoms with Crippen LogP contribution in [0.3, 0.4) is 0 Å². The third kappa shape index (κ3) is 3.74. The van der Waals surface area contributed by atoms with Gasteiger partial charge in [-0.2, -0.15) is 0 Å². The Morgan fingerprint density at radius 3 is 2.57 bits per heavy atom. The highest BCUT2D eigenvalue weighted by molar-refractivity contribution is 5.89. The maximum atomic E-state index is 12.7. The Morgan fingerprint density at radius 2 is 1.82 bits per heavy atom. The Labute approximate surface area is 163 Å². The molecule has 0 unspecified atom stereocenters. The number of para-hydroxylation sites is 1. The third-order valence-electron chi connectivity index (χ3n) is 4.68. The SMILES string of the molecule is COc1ccc(CNC(=O)Cn2c(-c3ccccc3)cc3ccccc32)cn1. The molecular formula is C23H21N3O2. The molecule has 0 fully saturated rings. The molecule has 5 nitrogen and oxygen atoms in total. The molecule has 0 atom stereocenters. The first-order valence-electron chi connectivity index (χ1n) is 9.14. The lowest BCUT2D eigenvalue weighted by molar-refractivity contribution is -0.121. The summed E-state index contributed by atoms with van der Waals surface area (Å²) in [6.07, 6.45) is 1.71. The number of fused-ring (bicyclic) bond motifs is 1. The molecule has 0 saturated heterocycles. The number of amides is 1. The second-order valence-electron chi connectivity index (χ2n) is 6.53. The van der Waals surface area contributed by atoms with Crippen molar-refractivity contribution in [3.05, 3.63) is 84.6 Å². The van der Waals surface area contributed by atoms with Crippen LogP contribution >= 0.6 is 0 Å². The molecular weight excluding hydrogens is 350 g/mol. The van der Waals surface area contributed by atoms with E-state index in [-0.39, 0.29) is 12.5 Å². The van der Waals surface area contributed by atoms with E-state index in [1.165, 1.54) is 0 Å². The van der Waals surface area contributed by atoms with Gasteiger partial charge in [-0.25, -0.2) is 4.98 Å². The van der Waals surface area contributed by atoms with E-state index in [4.69, 9.17) is 4.74 Å². The van der Waals surface area contributed by atoms with Gasteiger partial charge in [0.2, 0.25) is 11.8 Å². The lowest BCUT2D eigenvalue weighted by atomic mass is 10.1. The van der Waals surface area contributed by atoms with Gasteiger partial charge >= 0.3 is 0 Å². The van der Waals surface area contributed by atoms with Crippen LogP contribution in [-0.4, -0.2) is 22.6 Å². The monoisotopic (exact) mass is 371 g/mol.